The Labute approximate surface area is 117 Å². The van der Waals surface area contributed by atoms with Crippen LogP contribution in [0, 0.1) is 0 Å². The minimum absolute atomic E-state index is 0.164. The molecule has 104 valence electrons. The summed E-state index contributed by atoms with van der Waals surface area (Å²) in [5.41, 5.74) is 1.67. The average Bonchev–Trinajstić information content (AvgIpc) is 2.37. The number of rotatable bonds is 2. The first kappa shape index (κ1) is 14.0. The molecule has 1 aliphatic heterocycles. The first-order valence-electron chi connectivity index (χ1n) is 6.31. The monoisotopic (exact) mass is 272 g/mol. The van der Waals surface area contributed by atoms with E-state index in [4.69, 9.17) is 0 Å². The predicted molar refractivity (Wildman–Crippen MR) is 73.6 cm³/mol. The third-order valence-corrected chi connectivity index (χ3v) is 3.28. The highest BCUT2D eigenvalue weighted by atomic mass is 16.2. The van der Waals surface area contributed by atoms with Gasteiger partial charge in [-0.2, -0.15) is 0 Å². The van der Waals surface area contributed by atoms with Crippen molar-refractivity contribution in [2.75, 3.05) is 0 Å². The maximum atomic E-state index is 12.0. The molecule has 1 aromatic carbocycles. The summed E-state index contributed by atoms with van der Waals surface area (Å²) in [7, 11) is 0. The molecule has 1 aliphatic rings. The van der Waals surface area contributed by atoms with Gasteiger partial charge in [-0.1, -0.05) is 30.3 Å². The smallest absolute Gasteiger partial charge is 0.311 e. The van der Waals surface area contributed by atoms with Gasteiger partial charge in [0.1, 0.15) is 0 Å². The van der Waals surface area contributed by atoms with Crippen LogP contribution in [0.3, 0.4) is 0 Å². The number of ketones is 1. The van der Waals surface area contributed by atoms with Gasteiger partial charge in [-0.15, -0.1) is 0 Å². The van der Waals surface area contributed by atoms with E-state index in [0.29, 0.717) is 11.3 Å². The van der Waals surface area contributed by atoms with Crippen LogP contribution in [-0.2, 0) is 9.59 Å². The number of urea groups is 1. The maximum absolute atomic E-state index is 12.0. The van der Waals surface area contributed by atoms with Crippen molar-refractivity contribution in [1.82, 2.24) is 10.2 Å². The zero-order valence-corrected chi connectivity index (χ0v) is 11.6. The van der Waals surface area contributed by atoms with E-state index < -0.39 is 18.0 Å². The molecule has 5 heteroatoms. The minimum Gasteiger partial charge on any atom is -0.311 e. The van der Waals surface area contributed by atoms with Gasteiger partial charge in [0.05, 0.1) is 6.04 Å². The molecule has 0 fully saturated rings. The lowest BCUT2D eigenvalue weighted by Gasteiger charge is -2.35. The normalized spacial score (nSPS) is 18.9. The Bertz CT molecular complexity index is 605. The Morgan fingerprint density at radius 2 is 1.75 bits per heavy atom. The number of nitrogens with zero attached hydrogens (tertiary/aromatic N) is 1. The molecule has 3 amide bonds. The molecule has 1 heterocycles. The zero-order valence-electron chi connectivity index (χ0n) is 11.6. The Kier molecular flexibility index (Phi) is 3.70. The summed E-state index contributed by atoms with van der Waals surface area (Å²) in [6, 6.07) is 7.90. The third kappa shape index (κ3) is 2.34. The lowest BCUT2D eigenvalue weighted by Crippen LogP contribution is -2.50. The summed E-state index contributed by atoms with van der Waals surface area (Å²) in [6.07, 6.45) is 0. The lowest BCUT2D eigenvalue weighted by molar-refractivity contribution is -0.127. The molecule has 20 heavy (non-hydrogen) atoms. The Hall–Kier alpha value is -2.43. The van der Waals surface area contributed by atoms with Gasteiger partial charge >= 0.3 is 6.03 Å². The molecule has 1 aromatic rings. The first-order chi connectivity index (χ1) is 9.43. The van der Waals surface area contributed by atoms with Crippen molar-refractivity contribution >= 4 is 17.7 Å². The molecule has 0 spiro atoms. The summed E-state index contributed by atoms with van der Waals surface area (Å²) < 4.78 is 0. The molecule has 0 radical (unpaired) electrons. The van der Waals surface area contributed by atoms with Gasteiger partial charge in [-0.05, 0) is 19.4 Å². The number of hydrogen-bond donors (Lipinski definition) is 1. The van der Waals surface area contributed by atoms with E-state index in [-0.39, 0.29) is 5.78 Å². The van der Waals surface area contributed by atoms with Gasteiger partial charge < -0.3 is 5.32 Å². The fraction of sp³-hybridized carbons (Fsp3) is 0.267. The number of nitrogens with one attached hydrogen (secondary N) is 1. The Balaban J connectivity index is 2.64. The van der Waals surface area contributed by atoms with Crippen molar-refractivity contribution in [3.8, 4) is 0 Å². The second-order valence-electron chi connectivity index (χ2n) is 4.73. The molecule has 0 saturated heterocycles. The minimum atomic E-state index is -0.667. The number of carbonyl (C=O) groups is 3. The number of benzene rings is 1. The molecule has 0 aromatic heterocycles. The van der Waals surface area contributed by atoms with E-state index in [2.05, 4.69) is 5.32 Å². The standard InChI is InChI=1S/C15H16N2O3/c1-9-13(10(2)18)14(12-7-5-4-6-8-12)17(11(3)19)15(20)16-9/h4-8,14H,1-3H3,(H,16,20)/t14-/m1/s1. The highest BCUT2D eigenvalue weighted by Crippen LogP contribution is 2.33. The predicted octanol–water partition coefficient (Wildman–Crippen LogP) is 2.16. The number of Topliss-reactive ketones (excluding diaryl/α,β-unsaturated/α-hetero) is 1. The van der Waals surface area contributed by atoms with Gasteiger partial charge in [0, 0.05) is 18.2 Å². The molecule has 5 nitrogen and oxygen atoms in total. The third-order valence-electron chi connectivity index (χ3n) is 3.28. The summed E-state index contributed by atoms with van der Waals surface area (Å²) in [5.74, 6) is -0.565. The van der Waals surface area contributed by atoms with E-state index >= 15 is 0 Å². The fourth-order valence-corrected chi connectivity index (χ4v) is 2.47. The van der Waals surface area contributed by atoms with E-state index in [9.17, 15) is 14.4 Å². The quantitative estimate of drug-likeness (QED) is 0.897. The molecular weight excluding hydrogens is 256 g/mol. The molecule has 2 rings (SSSR count). The van der Waals surface area contributed by atoms with Crippen molar-refractivity contribution in [2.24, 2.45) is 0 Å². The van der Waals surface area contributed by atoms with Crippen LogP contribution in [0.25, 0.3) is 0 Å². The van der Waals surface area contributed by atoms with E-state index in [1.807, 2.05) is 18.2 Å². The second kappa shape index (κ2) is 5.28. The highest BCUT2D eigenvalue weighted by Gasteiger charge is 2.38. The van der Waals surface area contributed by atoms with Gasteiger partial charge in [0.25, 0.3) is 0 Å². The Morgan fingerprint density at radius 3 is 2.25 bits per heavy atom. The Morgan fingerprint density at radius 1 is 1.15 bits per heavy atom. The second-order valence-corrected chi connectivity index (χ2v) is 4.73. The van der Waals surface area contributed by atoms with Crippen molar-refractivity contribution in [2.45, 2.75) is 26.8 Å². The largest absolute Gasteiger partial charge is 0.329 e. The van der Waals surface area contributed by atoms with Crippen LogP contribution in [0.5, 0.6) is 0 Å². The van der Waals surface area contributed by atoms with Gasteiger partial charge in [-0.3, -0.25) is 14.5 Å². The summed E-state index contributed by atoms with van der Waals surface area (Å²) in [6.45, 7) is 4.42. The summed E-state index contributed by atoms with van der Waals surface area (Å²) >= 11 is 0. The SMILES string of the molecule is CC(=O)C1=C(C)NC(=O)N(C(C)=O)[C@@H]1c1ccccc1. The van der Waals surface area contributed by atoms with Gasteiger partial charge in [-0.25, -0.2) is 4.79 Å². The number of hydrogen-bond acceptors (Lipinski definition) is 3. The van der Waals surface area contributed by atoms with Crippen molar-refractivity contribution in [3.05, 3.63) is 47.2 Å². The van der Waals surface area contributed by atoms with Crippen molar-refractivity contribution < 1.29 is 14.4 Å². The fourth-order valence-electron chi connectivity index (χ4n) is 2.47. The van der Waals surface area contributed by atoms with Crippen LogP contribution in [0.2, 0.25) is 0 Å². The van der Waals surface area contributed by atoms with Crippen LogP contribution >= 0.6 is 0 Å². The van der Waals surface area contributed by atoms with Crippen LogP contribution in [0.4, 0.5) is 4.79 Å². The molecule has 1 N–H and O–H groups in total. The summed E-state index contributed by atoms with van der Waals surface area (Å²) in [5, 5.41) is 2.57. The zero-order chi connectivity index (χ0) is 14.9. The first-order valence-corrected chi connectivity index (χ1v) is 6.31. The molecule has 0 aliphatic carbocycles. The number of amides is 3. The lowest BCUT2D eigenvalue weighted by atomic mass is 9.91. The van der Waals surface area contributed by atoms with Crippen LogP contribution in [0.1, 0.15) is 32.4 Å². The molecular formula is C15H16N2O3. The highest BCUT2D eigenvalue weighted by molar-refractivity contribution is 6.03. The molecule has 0 saturated carbocycles. The van der Waals surface area contributed by atoms with Crippen LogP contribution in [0.15, 0.2) is 41.6 Å². The van der Waals surface area contributed by atoms with E-state index in [1.54, 1.807) is 19.1 Å². The molecule has 1 atom stereocenters. The number of carbonyl (C=O) groups excluding carboxylic acids is 3. The summed E-state index contributed by atoms with van der Waals surface area (Å²) in [4.78, 5) is 36.8. The maximum Gasteiger partial charge on any atom is 0.329 e. The topological polar surface area (TPSA) is 66.5 Å². The van der Waals surface area contributed by atoms with Crippen molar-refractivity contribution in [3.63, 3.8) is 0 Å². The number of allylic oxidation sites excluding steroid dienone is 1. The molecule has 0 bridgehead atoms. The van der Waals surface area contributed by atoms with Crippen LogP contribution in [-0.4, -0.2) is 22.6 Å². The number of imide groups is 1. The van der Waals surface area contributed by atoms with Crippen LogP contribution < -0.4 is 5.32 Å². The van der Waals surface area contributed by atoms with Gasteiger partial charge in [0.2, 0.25) is 5.91 Å². The van der Waals surface area contributed by atoms with Crippen molar-refractivity contribution in [1.29, 1.82) is 0 Å². The molecule has 0 unspecified atom stereocenters. The average molecular weight is 272 g/mol. The van der Waals surface area contributed by atoms with E-state index in [1.165, 1.54) is 13.8 Å². The van der Waals surface area contributed by atoms with Gasteiger partial charge in [0.15, 0.2) is 5.78 Å². The van der Waals surface area contributed by atoms with E-state index in [0.717, 1.165) is 10.5 Å².